The van der Waals surface area contributed by atoms with E-state index >= 15 is 0 Å². The number of aliphatic hydroxyl groups excluding tert-OH is 2. The Morgan fingerprint density at radius 2 is 0.701 bits per heavy atom. The molecule has 0 spiro atoms. The molecule has 0 aliphatic carbocycles. The summed E-state index contributed by atoms with van der Waals surface area (Å²) in [5.74, 6) is -0.0583. The van der Waals surface area contributed by atoms with E-state index in [2.05, 4.69) is 31.3 Å². The number of carbonyl (C=O) groups is 2. The monoisotopic (exact) mass is 946 g/mol. The average molecular weight is 947 g/mol. The number of rotatable bonds is 57. The van der Waals surface area contributed by atoms with Crippen LogP contribution in [0.4, 0.5) is 0 Å². The molecule has 0 aliphatic heterocycles. The maximum atomic E-state index is 12.5. The highest BCUT2D eigenvalue weighted by molar-refractivity contribution is 5.76. The predicted octanol–water partition coefficient (Wildman–Crippen LogP) is 18.9. The third-order valence-corrected chi connectivity index (χ3v) is 14.3. The third kappa shape index (κ3) is 53.8. The fourth-order valence-electron chi connectivity index (χ4n) is 9.64. The summed E-state index contributed by atoms with van der Waals surface area (Å²) in [6.07, 6.45) is 67.8. The number of unbranched alkanes of at least 4 members (excludes halogenated alkanes) is 44. The van der Waals surface area contributed by atoms with Crippen molar-refractivity contribution in [2.24, 2.45) is 0 Å². The van der Waals surface area contributed by atoms with Gasteiger partial charge in [0.05, 0.1) is 25.4 Å². The fourth-order valence-corrected chi connectivity index (χ4v) is 9.64. The Hall–Kier alpha value is -1.40. The maximum absolute atomic E-state index is 12.5. The van der Waals surface area contributed by atoms with Crippen molar-refractivity contribution in [1.29, 1.82) is 0 Å². The van der Waals surface area contributed by atoms with E-state index in [-0.39, 0.29) is 18.5 Å². The minimum absolute atomic E-state index is 0.0143. The molecule has 0 aliphatic rings. The quantitative estimate of drug-likeness (QED) is 0.0321. The Morgan fingerprint density at radius 3 is 1.09 bits per heavy atom. The van der Waals surface area contributed by atoms with Crippen molar-refractivity contribution in [3.8, 4) is 0 Å². The van der Waals surface area contributed by atoms with Gasteiger partial charge in [0.25, 0.3) is 0 Å². The first kappa shape index (κ1) is 65.6. The van der Waals surface area contributed by atoms with Crippen LogP contribution in [0, 0.1) is 0 Å². The van der Waals surface area contributed by atoms with Gasteiger partial charge in [-0.15, -0.1) is 0 Å². The molecule has 398 valence electrons. The van der Waals surface area contributed by atoms with Gasteiger partial charge in [0.2, 0.25) is 5.91 Å². The summed E-state index contributed by atoms with van der Waals surface area (Å²) in [6, 6.07) is -0.552. The lowest BCUT2D eigenvalue weighted by Gasteiger charge is -2.22. The summed E-state index contributed by atoms with van der Waals surface area (Å²) in [7, 11) is 0. The lowest BCUT2D eigenvalue weighted by atomic mass is 10.0. The van der Waals surface area contributed by atoms with Gasteiger partial charge in [0.15, 0.2) is 0 Å². The minimum Gasteiger partial charge on any atom is -0.466 e. The number of allylic oxidation sites excluding steroid dienone is 2. The molecule has 1 amide bonds. The molecule has 0 aromatic heterocycles. The Balaban J connectivity index is 3.44. The van der Waals surface area contributed by atoms with E-state index < -0.39 is 12.1 Å². The van der Waals surface area contributed by atoms with Gasteiger partial charge < -0.3 is 20.3 Å². The van der Waals surface area contributed by atoms with Crippen molar-refractivity contribution in [3.05, 3.63) is 12.2 Å². The van der Waals surface area contributed by atoms with E-state index in [1.165, 1.54) is 257 Å². The highest BCUT2D eigenvalue weighted by atomic mass is 16.5. The average Bonchev–Trinajstić information content (AvgIpc) is 3.33. The van der Waals surface area contributed by atoms with E-state index in [0.717, 1.165) is 51.4 Å². The van der Waals surface area contributed by atoms with Gasteiger partial charge in [0, 0.05) is 12.8 Å². The highest BCUT2D eigenvalue weighted by Crippen LogP contribution is 2.18. The zero-order chi connectivity index (χ0) is 48.6. The Morgan fingerprint density at radius 1 is 0.403 bits per heavy atom. The lowest BCUT2D eigenvalue weighted by Crippen LogP contribution is -2.45. The van der Waals surface area contributed by atoms with Crippen LogP contribution in [-0.2, 0) is 14.3 Å². The zero-order valence-corrected chi connectivity index (χ0v) is 45.4. The number of ether oxygens (including phenoxy) is 1. The normalized spacial score (nSPS) is 12.6. The Bertz CT molecular complexity index is 1000. The number of nitrogens with one attached hydrogen (secondary N) is 1. The molecule has 2 unspecified atom stereocenters. The van der Waals surface area contributed by atoms with Crippen LogP contribution in [0.3, 0.4) is 0 Å². The molecule has 0 aromatic rings. The molecular weight excluding hydrogens is 827 g/mol. The van der Waals surface area contributed by atoms with Crippen LogP contribution in [0.2, 0.25) is 0 Å². The highest BCUT2D eigenvalue weighted by Gasteiger charge is 2.20. The van der Waals surface area contributed by atoms with Crippen LogP contribution in [0.25, 0.3) is 0 Å². The third-order valence-electron chi connectivity index (χ3n) is 14.3. The van der Waals surface area contributed by atoms with Gasteiger partial charge in [-0.1, -0.05) is 289 Å². The molecule has 6 heteroatoms. The summed E-state index contributed by atoms with van der Waals surface area (Å²) in [4.78, 5) is 24.5. The lowest BCUT2D eigenvalue weighted by molar-refractivity contribution is -0.143. The van der Waals surface area contributed by atoms with Gasteiger partial charge in [0.1, 0.15) is 0 Å². The van der Waals surface area contributed by atoms with Crippen molar-refractivity contribution >= 4 is 11.9 Å². The second-order valence-corrected chi connectivity index (χ2v) is 21.0. The van der Waals surface area contributed by atoms with Crippen molar-refractivity contribution < 1.29 is 24.5 Å². The molecule has 0 radical (unpaired) electrons. The van der Waals surface area contributed by atoms with E-state index in [1.54, 1.807) is 0 Å². The topological polar surface area (TPSA) is 95.9 Å². The molecule has 67 heavy (non-hydrogen) atoms. The second kappa shape index (κ2) is 57.2. The number of hydrogen-bond donors (Lipinski definition) is 3. The fraction of sp³-hybridized carbons (Fsp3) is 0.934. The van der Waals surface area contributed by atoms with E-state index in [4.69, 9.17) is 4.74 Å². The molecule has 0 rings (SSSR count). The maximum Gasteiger partial charge on any atom is 0.305 e. The van der Waals surface area contributed by atoms with Crippen molar-refractivity contribution in [2.75, 3.05) is 13.2 Å². The number of hydrogen-bond acceptors (Lipinski definition) is 5. The molecule has 0 saturated carbocycles. The summed E-state index contributed by atoms with van der Waals surface area (Å²) < 4.78 is 5.45. The molecule has 0 aromatic carbocycles. The smallest absolute Gasteiger partial charge is 0.305 e. The first-order chi connectivity index (χ1) is 33.0. The van der Waals surface area contributed by atoms with Crippen molar-refractivity contribution in [1.82, 2.24) is 5.32 Å². The van der Waals surface area contributed by atoms with Crippen molar-refractivity contribution in [2.45, 2.75) is 353 Å². The summed E-state index contributed by atoms with van der Waals surface area (Å²) >= 11 is 0. The molecule has 0 bridgehead atoms. The van der Waals surface area contributed by atoms with Gasteiger partial charge in [-0.2, -0.15) is 0 Å². The van der Waals surface area contributed by atoms with Crippen LogP contribution >= 0.6 is 0 Å². The standard InChI is InChI=1S/C61H119NO5/c1-3-5-7-9-11-13-15-17-18-19-20-21-22-23-24-25-26-27-28-30-33-37-41-45-49-53-59(64)58(57-63)62-60(65)54-50-46-42-38-34-31-29-32-36-40-44-48-52-56-67-61(66)55-51-47-43-39-35-16-14-12-10-8-6-4-2/h12,14,58-59,63-64H,3-11,13,15-57H2,1-2H3,(H,62,65)/b14-12-. The van der Waals surface area contributed by atoms with E-state index in [9.17, 15) is 19.8 Å². The molecular formula is C61H119NO5. The number of amides is 1. The first-order valence-electron chi connectivity index (χ1n) is 30.4. The molecule has 6 nitrogen and oxygen atoms in total. The van der Waals surface area contributed by atoms with Gasteiger partial charge >= 0.3 is 5.97 Å². The van der Waals surface area contributed by atoms with Gasteiger partial charge in [-0.3, -0.25) is 9.59 Å². The van der Waals surface area contributed by atoms with E-state index in [0.29, 0.717) is 25.9 Å². The van der Waals surface area contributed by atoms with E-state index in [1.807, 2.05) is 0 Å². The van der Waals surface area contributed by atoms with Gasteiger partial charge in [-0.25, -0.2) is 0 Å². The van der Waals surface area contributed by atoms with Crippen LogP contribution < -0.4 is 5.32 Å². The van der Waals surface area contributed by atoms with Crippen LogP contribution in [0.1, 0.15) is 341 Å². The largest absolute Gasteiger partial charge is 0.466 e. The van der Waals surface area contributed by atoms with Gasteiger partial charge in [-0.05, 0) is 51.4 Å². The minimum atomic E-state index is -0.674. The predicted molar refractivity (Wildman–Crippen MR) is 292 cm³/mol. The number of esters is 1. The summed E-state index contributed by atoms with van der Waals surface area (Å²) in [5.41, 5.74) is 0. The zero-order valence-electron chi connectivity index (χ0n) is 45.4. The molecule has 3 N–H and O–H groups in total. The second-order valence-electron chi connectivity index (χ2n) is 21.0. The number of aliphatic hydroxyl groups is 2. The summed E-state index contributed by atoms with van der Waals surface area (Å²) in [6.45, 7) is 4.92. The molecule has 2 atom stereocenters. The molecule has 0 saturated heterocycles. The SMILES string of the molecule is CCCCC/C=C\CCCCCCCC(=O)OCCCCCCCCCCCCCCCC(=O)NC(CO)C(O)CCCCCCCCCCCCCCCCCCCCCCCCCCC. The Kier molecular flexibility index (Phi) is 56.0. The van der Waals surface area contributed by atoms with Crippen LogP contribution in [0.15, 0.2) is 12.2 Å². The number of carbonyl (C=O) groups excluding carboxylic acids is 2. The first-order valence-corrected chi connectivity index (χ1v) is 30.4. The van der Waals surface area contributed by atoms with Crippen LogP contribution in [0.5, 0.6) is 0 Å². The van der Waals surface area contributed by atoms with Crippen LogP contribution in [-0.4, -0.2) is 47.4 Å². The van der Waals surface area contributed by atoms with Crippen molar-refractivity contribution in [3.63, 3.8) is 0 Å². The summed E-state index contributed by atoms with van der Waals surface area (Å²) in [5, 5.41) is 23.4. The molecule has 0 heterocycles. The Labute approximate surface area is 419 Å². The molecule has 0 fully saturated rings.